The van der Waals surface area contributed by atoms with E-state index in [-0.39, 0.29) is 11.9 Å². The molecule has 1 aromatic rings. The van der Waals surface area contributed by atoms with E-state index in [1.807, 2.05) is 17.8 Å². The van der Waals surface area contributed by atoms with Gasteiger partial charge in [0.1, 0.15) is 5.82 Å². The Balaban J connectivity index is 2.47. The lowest BCUT2D eigenvalue weighted by Gasteiger charge is -2.27. The SMILES string of the molecule is CCC(CSC)N(C)CCC(N)c1cccc(F)c1. The van der Waals surface area contributed by atoms with Gasteiger partial charge in [-0.2, -0.15) is 11.8 Å². The van der Waals surface area contributed by atoms with E-state index in [1.165, 1.54) is 12.1 Å². The molecule has 0 fully saturated rings. The molecule has 0 aromatic heterocycles. The van der Waals surface area contributed by atoms with E-state index in [0.717, 1.165) is 30.7 Å². The molecular weight excluding hydrogens is 259 g/mol. The highest BCUT2D eigenvalue weighted by atomic mass is 32.2. The Bertz CT molecular complexity index is 373. The molecule has 0 amide bonds. The van der Waals surface area contributed by atoms with Gasteiger partial charge in [0.25, 0.3) is 0 Å². The fourth-order valence-electron chi connectivity index (χ4n) is 2.18. The van der Waals surface area contributed by atoms with Crippen molar-refractivity contribution in [3.63, 3.8) is 0 Å². The van der Waals surface area contributed by atoms with Crippen molar-refractivity contribution in [1.82, 2.24) is 4.90 Å². The molecule has 2 unspecified atom stereocenters. The zero-order chi connectivity index (χ0) is 14.3. The second-order valence-corrected chi connectivity index (χ2v) is 5.86. The van der Waals surface area contributed by atoms with E-state index >= 15 is 0 Å². The summed E-state index contributed by atoms with van der Waals surface area (Å²) in [6, 6.07) is 7.10. The smallest absolute Gasteiger partial charge is 0.123 e. The van der Waals surface area contributed by atoms with Crippen molar-refractivity contribution < 1.29 is 4.39 Å². The number of benzene rings is 1. The van der Waals surface area contributed by atoms with Crippen molar-refractivity contribution >= 4 is 11.8 Å². The topological polar surface area (TPSA) is 29.3 Å². The Morgan fingerprint density at radius 1 is 1.42 bits per heavy atom. The van der Waals surface area contributed by atoms with E-state index < -0.39 is 0 Å². The Labute approximate surface area is 120 Å². The molecular formula is C15H25FN2S. The highest BCUT2D eigenvalue weighted by Crippen LogP contribution is 2.17. The molecule has 1 aromatic carbocycles. The fraction of sp³-hybridized carbons (Fsp3) is 0.600. The maximum atomic E-state index is 13.1. The predicted molar refractivity (Wildman–Crippen MR) is 83.0 cm³/mol. The monoisotopic (exact) mass is 284 g/mol. The van der Waals surface area contributed by atoms with Gasteiger partial charge in [0, 0.05) is 17.8 Å². The summed E-state index contributed by atoms with van der Waals surface area (Å²) in [6.07, 6.45) is 4.13. The number of halogens is 1. The molecule has 0 bridgehead atoms. The van der Waals surface area contributed by atoms with Crippen molar-refractivity contribution in [2.45, 2.75) is 31.8 Å². The minimum atomic E-state index is -0.213. The Morgan fingerprint density at radius 3 is 2.74 bits per heavy atom. The van der Waals surface area contributed by atoms with Gasteiger partial charge in [-0.05, 0) is 50.4 Å². The number of thioether (sulfide) groups is 1. The minimum Gasteiger partial charge on any atom is -0.324 e. The second-order valence-electron chi connectivity index (χ2n) is 4.95. The highest BCUT2D eigenvalue weighted by Gasteiger charge is 2.14. The lowest BCUT2D eigenvalue weighted by Crippen LogP contribution is -2.35. The summed E-state index contributed by atoms with van der Waals surface area (Å²) < 4.78 is 13.1. The standard InChI is InChI=1S/C15H25FN2S/c1-4-14(11-19-3)18(2)9-8-15(17)12-6-5-7-13(16)10-12/h5-7,10,14-15H,4,8-9,11,17H2,1-3H3. The van der Waals surface area contributed by atoms with Crippen molar-refractivity contribution in [2.75, 3.05) is 25.6 Å². The summed E-state index contributed by atoms with van der Waals surface area (Å²) in [5.74, 6) is 0.928. The van der Waals surface area contributed by atoms with E-state index in [0.29, 0.717) is 6.04 Å². The lowest BCUT2D eigenvalue weighted by atomic mass is 10.0. The van der Waals surface area contributed by atoms with Gasteiger partial charge >= 0.3 is 0 Å². The Kier molecular flexibility index (Phi) is 7.42. The maximum Gasteiger partial charge on any atom is 0.123 e. The average Bonchev–Trinajstić information content (AvgIpc) is 2.41. The first-order valence-electron chi connectivity index (χ1n) is 6.78. The van der Waals surface area contributed by atoms with Crippen LogP contribution in [-0.2, 0) is 0 Å². The number of nitrogens with zero attached hydrogens (tertiary/aromatic N) is 1. The molecule has 0 aliphatic carbocycles. The van der Waals surface area contributed by atoms with Crippen molar-refractivity contribution in [3.05, 3.63) is 35.6 Å². The molecule has 2 nitrogen and oxygen atoms in total. The van der Waals surface area contributed by atoms with E-state index in [2.05, 4.69) is 25.1 Å². The number of hydrogen-bond acceptors (Lipinski definition) is 3. The summed E-state index contributed by atoms with van der Waals surface area (Å²) in [6.45, 7) is 3.15. The third-order valence-electron chi connectivity index (χ3n) is 3.52. The van der Waals surface area contributed by atoms with Gasteiger partial charge in [0.15, 0.2) is 0 Å². The largest absolute Gasteiger partial charge is 0.324 e. The van der Waals surface area contributed by atoms with Crippen LogP contribution in [0.4, 0.5) is 4.39 Å². The summed E-state index contributed by atoms with van der Waals surface area (Å²) in [5.41, 5.74) is 7.01. The van der Waals surface area contributed by atoms with Gasteiger partial charge in [-0.3, -0.25) is 0 Å². The molecule has 19 heavy (non-hydrogen) atoms. The van der Waals surface area contributed by atoms with Crippen LogP contribution in [0, 0.1) is 5.82 Å². The molecule has 0 radical (unpaired) electrons. The van der Waals surface area contributed by atoms with Crippen LogP contribution < -0.4 is 5.73 Å². The predicted octanol–water partition coefficient (Wildman–Crippen LogP) is 3.29. The summed E-state index contributed by atoms with van der Waals surface area (Å²) >= 11 is 1.87. The molecule has 0 heterocycles. The molecule has 108 valence electrons. The summed E-state index contributed by atoms with van der Waals surface area (Å²) in [7, 11) is 2.14. The van der Waals surface area contributed by atoms with Crippen LogP contribution in [0.1, 0.15) is 31.4 Å². The van der Waals surface area contributed by atoms with Crippen LogP contribution in [0.25, 0.3) is 0 Å². The van der Waals surface area contributed by atoms with Crippen LogP contribution >= 0.6 is 11.8 Å². The minimum absolute atomic E-state index is 0.0927. The van der Waals surface area contributed by atoms with Gasteiger partial charge < -0.3 is 10.6 Å². The first-order valence-corrected chi connectivity index (χ1v) is 8.18. The molecule has 2 N–H and O–H groups in total. The van der Waals surface area contributed by atoms with E-state index in [9.17, 15) is 4.39 Å². The van der Waals surface area contributed by atoms with E-state index in [4.69, 9.17) is 5.73 Å². The molecule has 0 aliphatic rings. The molecule has 2 atom stereocenters. The first-order chi connectivity index (χ1) is 9.08. The van der Waals surface area contributed by atoms with Crippen molar-refractivity contribution in [1.29, 1.82) is 0 Å². The lowest BCUT2D eigenvalue weighted by molar-refractivity contribution is 0.247. The van der Waals surface area contributed by atoms with Crippen LogP contribution in [0.3, 0.4) is 0 Å². The first kappa shape index (κ1) is 16.5. The third kappa shape index (κ3) is 5.51. The third-order valence-corrected chi connectivity index (χ3v) is 4.24. The zero-order valence-electron chi connectivity index (χ0n) is 12.1. The second kappa shape index (κ2) is 8.56. The van der Waals surface area contributed by atoms with Gasteiger partial charge in [0.2, 0.25) is 0 Å². The molecule has 4 heteroatoms. The maximum absolute atomic E-state index is 13.1. The molecule has 1 rings (SSSR count). The van der Waals surface area contributed by atoms with E-state index in [1.54, 1.807) is 6.07 Å². The molecule has 0 saturated carbocycles. The normalized spacial score (nSPS) is 14.6. The number of hydrogen-bond donors (Lipinski definition) is 1. The highest BCUT2D eigenvalue weighted by molar-refractivity contribution is 7.98. The number of rotatable bonds is 8. The van der Waals surface area contributed by atoms with Gasteiger partial charge in [-0.15, -0.1) is 0 Å². The average molecular weight is 284 g/mol. The van der Waals surface area contributed by atoms with Gasteiger partial charge in [0.05, 0.1) is 0 Å². The summed E-state index contributed by atoms with van der Waals surface area (Å²) in [4.78, 5) is 2.36. The Morgan fingerprint density at radius 2 is 2.16 bits per heavy atom. The fourth-order valence-corrected chi connectivity index (χ4v) is 3.05. The van der Waals surface area contributed by atoms with Crippen molar-refractivity contribution in [2.24, 2.45) is 5.73 Å². The van der Waals surface area contributed by atoms with Gasteiger partial charge in [-0.25, -0.2) is 4.39 Å². The molecule has 0 saturated heterocycles. The van der Waals surface area contributed by atoms with Crippen molar-refractivity contribution in [3.8, 4) is 0 Å². The zero-order valence-corrected chi connectivity index (χ0v) is 12.9. The van der Waals surface area contributed by atoms with Crippen LogP contribution in [0.2, 0.25) is 0 Å². The van der Waals surface area contributed by atoms with Crippen LogP contribution in [0.15, 0.2) is 24.3 Å². The van der Waals surface area contributed by atoms with Crippen LogP contribution in [0.5, 0.6) is 0 Å². The molecule has 0 spiro atoms. The quantitative estimate of drug-likeness (QED) is 0.794. The summed E-state index contributed by atoms with van der Waals surface area (Å²) in [5, 5.41) is 0. The number of nitrogens with two attached hydrogens (primary N) is 1. The van der Waals surface area contributed by atoms with Gasteiger partial charge in [-0.1, -0.05) is 19.1 Å². The van der Waals surface area contributed by atoms with Crippen LogP contribution in [-0.4, -0.2) is 36.5 Å². The Hall–Kier alpha value is -0.580. The molecule has 0 aliphatic heterocycles.